The molecule has 3 heteroatoms. The maximum Gasteiger partial charge on any atom is 0.112 e. The van der Waals surface area contributed by atoms with Gasteiger partial charge in [0.2, 0.25) is 0 Å². The Hall–Kier alpha value is -0.830. The Morgan fingerprint density at radius 1 is 1.37 bits per heavy atom. The van der Waals surface area contributed by atoms with Crippen molar-refractivity contribution in [2.45, 2.75) is 71.4 Å². The topological polar surface area (TPSA) is 29.9 Å². The van der Waals surface area contributed by atoms with E-state index in [0.29, 0.717) is 6.04 Å². The lowest BCUT2D eigenvalue weighted by molar-refractivity contribution is 0.381. The minimum Gasteiger partial charge on any atom is -0.329 e. The normalized spacial score (nSPS) is 22.1. The summed E-state index contributed by atoms with van der Waals surface area (Å²) < 4.78 is 2.61. The predicted molar refractivity (Wildman–Crippen MR) is 78.4 cm³/mol. The maximum atomic E-state index is 4.97. The van der Waals surface area contributed by atoms with Crippen molar-refractivity contribution in [1.82, 2.24) is 14.9 Å². The van der Waals surface area contributed by atoms with Gasteiger partial charge in [-0.25, -0.2) is 4.98 Å². The molecule has 0 radical (unpaired) electrons. The summed E-state index contributed by atoms with van der Waals surface area (Å²) in [4.78, 5) is 4.97. The lowest BCUT2D eigenvalue weighted by Crippen LogP contribution is -2.26. The van der Waals surface area contributed by atoms with E-state index in [1.807, 2.05) is 0 Å². The van der Waals surface area contributed by atoms with Crippen molar-refractivity contribution in [3.8, 4) is 0 Å². The lowest BCUT2D eigenvalue weighted by Gasteiger charge is -2.24. The summed E-state index contributed by atoms with van der Waals surface area (Å²) in [7, 11) is 0. The Labute approximate surface area is 116 Å². The second kappa shape index (κ2) is 5.28. The van der Waals surface area contributed by atoms with Crippen LogP contribution in [0.2, 0.25) is 0 Å². The molecule has 1 N–H and O–H groups in total. The van der Waals surface area contributed by atoms with Crippen LogP contribution in [0.4, 0.5) is 0 Å². The second-order valence-electron chi connectivity index (χ2n) is 6.53. The first-order valence-corrected chi connectivity index (χ1v) is 8.01. The number of hydrogen-bond acceptors (Lipinski definition) is 2. The number of aromatic nitrogens is 2. The van der Waals surface area contributed by atoms with Crippen LogP contribution >= 0.6 is 0 Å². The molecule has 19 heavy (non-hydrogen) atoms. The molecule has 0 spiro atoms. The van der Waals surface area contributed by atoms with E-state index in [-0.39, 0.29) is 0 Å². The van der Waals surface area contributed by atoms with Crippen molar-refractivity contribution >= 4 is 0 Å². The highest BCUT2D eigenvalue weighted by Gasteiger charge is 2.33. The quantitative estimate of drug-likeness (QED) is 0.880. The van der Waals surface area contributed by atoms with Gasteiger partial charge in [0.05, 0.1) is 5.69 Å². The molecule has 2 heterocycles. The molecule has 3 rings (SSSR count). The lowest BCUT2D eigenvalue weighted by atomic mass is 9.99. The fourth-order valence-corrected chi connectivity index (χ4v) is 3.33. The molecule has 0 amide bonds. The molecule has 1 aromatic heterocycles. The highest BCUT2D eigenvalue weighted by molar-refractivity contribution is 5.25. The van der Waals surface area contributed by atoms with Crippen molar-refractivity contribution in [2.75, 3.05) is 6.54 Å². The molecule has 2 aliphatic rings. The predicted octanol–water partition coefficient (Wildman–Crippen LogP) is 3.40. The van der Waals surface area contributed by atoms with Crippen molar-refractivity contribution < 1.29 is 0 Å². The van der Waals surface area contributed by atoms with Crippen LogP contribution in [0.3, 0.4) is 0 Å². The van der Waals surface area contributed by atoms with E-state index in [1.165, 1.54) is 42.9 Å². The molecule has 1 aliphatic carbocycles. The van der Waals surface area contributed by atoms with Crippen LogP contribution in [0.1, 0.15) is 75.6 Å². The Morgan fingerprint density at radius 2 is 2.16 bits per heavy atom. The van der Waals surface area contributed by atoms with Crippen molar-refractivity contribution in [3.63, 3.8) is 0 Å². The number of imidazole rings is 1. The summed E-state index contributed by atoms with van der Waals surface area (Å²) >= 11 is 0. The van der Waals surface area contributed by atoms with Gasteiger partial charge in [0.25, 0.3) is 0 Å². The van der Waals surface area contributed by atoms with Gasteiger partial charge in [-0.1, -0.05) is 20.3 Å². The van der Waals surface area contributed by atoms with Crippen LogP contribution < -0.4 is 5.32 Å². The fourth-order valence-electron chi connectivity index (χ4n) is 3.33. The largest absolute Gasteiger partial charge is 0.329 e. The van der Waals surface area contributed by atoms with Crippen LogP contribution in [-0.2, 0) is 13.0 Å². The minimum absolute atomic E-state index is 0.611. The molecule has 1 saturated carbocycles. The van der Waals surface area contributed by atoms with Crippen molar-refractivity contribution in [1.29, 1.82) is 0 Å². The Kier molecular flexibility index (Phi) is 3.66. The molecule has 2 unspecified atom stereocenters. The smallest absolute Gasteiger partial charge is 0.112 e. The highest BCUT2D eigenvalue weighted by atomic mass is 15.1. The zero-order valence-corrected chi connectivity index (χ0v) is 12.6. The standard InChI is InChI=1S/C16H27N3/c1-4-11(2)9-12(3)19-15-7-8-17-10-14(15)18-16(19)13-5-6-13/h11-13,17H,4-10H2,1-3H3. The zero-order valence-electron chi connectivity index (χ0n) is 12.6. The molecule has 0 bridgehead atoms. The van der Waals surface area contributed by atoms with E-state index >= 15 is 0 Å². The third kappa shape index (κ3) is 2.58. The monoisotopic (exact) mass is 261 g/mol. The first-order valence-electron chi connectivity index (χ1n) is 8.01. The zero-order chi connectivity index (χ0) is 13.4. The number of nitrogens with one attached hydrogen (secondary N) is 1. The second-order valence-corrected chi connectivity index (χ2v) is 6.53. The molecule has 3 nitrogen and oxygen atoms in total. The summed E-state index contributed by atoms with van der Waals surface area (Å²) in [5.41, 5.74) is 2.85. The van der Waals surface area contributed by atoms with Gasteiger partial charge in [0, 0.05) is 37.2 Å². The molecular formula is C16H27N3. The maximum absolute atomic E-state index is 4.97. The van der Waals surface area contributed by atoms with Gasteiger partial charge in [0.15, 0.2) is 0 Å². The van der Waals surface area contributed by atoms with Crippen LogP contribution in [0, 0.1) is 5.92 Å². The van der Waals surface area contributed by atoms with E-state index in [9.17, 15) is 0 Å². The Morgan fingerprint density at radius 3 is 2.84 bits per heavy atom. The third-order valence-corrected chi connectivity index (χ3v) is 4.77. The van der Waals surface area contributed by atoms with Gasteiger partial charge in [-0.05, 0) is 32.1 Å². The van der Waals surface area contributed by atoms with Gasteiger partial charge in [-0.15, -0.1) is 0 Å². The number of nitrogens with zero attached hydrogens (tertiary/aromatic N) is 2. The van der Waals surface area contributed by atoms with E-state index in [2.05, 4.69) is 30.7 Å². The summed E-state index contributed by atoms with van der Waals surface area (Å²) in [6, 6.07) is 0.611. The van der Waals surface area contributed by atoms with Crippen LogP contribution in [0.25, 0.3) is 0 Å². The first-order chi connectivity index (χ1) is 9.20. The van der Waals surface area contributed by atoms with Gasteiger partial charge in [-0.2, -0.15) is 0 Å². The highest BCUT2D eigenvalue weighted by Crippen LogP contribution is 2.42. The summed E-state index contributed by atoms with van der Waals surface area (Å²) in [5.74, 6) is 2.95. The van der Waals surface area contributed by atoms with E-state index in [0.717, 1.165) is 31.3 Å². The fraction of sp³-hybridized carbons (Fsp3) is 0.812. The average Bonchev–Trinajstić information content (AvgIpc) is 3.18. The van der Waals surface area contributed by atoms with Crippen molar-refractivity contribution in [3.05, 3.63) is 17.2 Å². The Balaban J connectivity index is 1.91. The van der Waals surface area contributed by atoms with Crippen LogP contribution in [-0.4, -0.2) is 16.1 Å². The minimum atomic E-state index is 0.611. The number of fused-ring (bicyclic) bond motifs is 1. The van der Waals surface area contributed by atoms with E-state index in [4.69, 9.17) is 4.98 Å². The SMILES string of the molecule is CCC(C)CC(C)n1c(C2CC2)nc2c1CCNC2. The molecule has 106 valence electrons. The Bertz CT molecular complexity index is 445. The number of hydrogen-bond donors (Lipinski definition) is 1. The van der Waals surface area contributed by atoms with Crippen LogP contribution in [0.15, 0.2) is 0 Å². The summed E-state index contributed by atoms with van der Waals surface area (Å²) in [5, 5.41) is 3.46. The van der Waals surface area contributed by atoms with E-state index in [1.54, 1.807) is 0 Å². The van der Waals surface area contributed by atoms with E-state index < -0.39 is 0 Å². The van der Waals surface area contributed by atoms with Crippen LogP contribution in [0.5, 0.6) is 0 Å². The molecule has 0 aromatic carbocycles. The third-order valence-electron chi connectivity index (χ3n) is 4.77. The van der Waals surface area contributed by atoms with Gasteiger partial charge < -0.3 is 9.88 Å². The first kappa shape index (κ1) is 13.2. The van der Waals surface area contributed by atoms with Gasteiger partial charge >= 0.3 is 0 Å². The molecule has 2 atom stereocenters. The molecule has 1 aromatic rings. The molecule has 1 fully saturated rings. The number of rotatable bonds is 5. The summed E-state index contributed by atoms with van der Waals surface area (Å²) in [6.07, 6.45) is 6.41. The average molecular weight is 261 g/mol. The summed E-state index contributed by atoms with van der Waals surface area (Å²) in [6.45, 7) is 9.14. The van der Waals surface area contributed by atoms with Crippen molar-refractivity contribution in [2.24, 2.45) is 5.92 Å². The molecular weight excluding hydrogens is 234 g/mol. The van der Waals surface area contributed by atoms with Gasteiger partial charge in [-0.3, -0.25) is 0 Å². The molecule has 1 aliphatic heterocycles. The molecule has 0 saturated heterocycles. The van der Waals surface area contributed by atoms with Gasteiger partial charge in [0.1, 0.15) is 5.82 Å².